The maximum Gasteiger partial charge on any atom is 0.145 e. The quantitative estimate of drug-likeness (QED) is 0.604. The number of hydrogen-bond donors (Lipinski definition) is 0. The van der Waals surface area contributed by atoms with Gasteiger partial charge in [-0.3, -0.25) is 4.98 Å². The van der Waals surface area contributed by atoms with Gasteiger partial charge in [0.15, 0.2) is 0 Å². The van der Waals surface area contributed by atoms with Crippen molar-refractivity contribution >= 4 is 28.8 Å². The summed E-state index contributed by atoms with van der Waals surface area (Å²) in [6, 6.07) is 7.24. The Bertz CT molecular complexity index is 513. The summed E-state index contributed by atoms with van der Waals surface area (Å²) < 4.78 is 5.46. The van der Waals surface area contributed by atoms with Gasteiger partial charge in [-0.05, 0) is 24.3 Å². The Morgan fingerprint density at radius 2 is 2.25 bits per heavy atom. The molecule has 3 nitrogen and oxygen atoms in total. The number of rotatable bonds is 4. The Labute approximate surface area is 98.0 Å². The summed E-state index contributed by atoms with van der Waals surface area (Å²) in [5.74, 6) is 0.654. The van der Waals surface area contributed by atoms with E-state index >= 15 is 0 Å². The number of aldehydes is 1. The lowest BCUT2D eigenvalue weighted by atomic mass is 10.2. The third-order valence-corrected chi connectivity index (χ3v) is 2.50. The van der Waals surface area contributed by atoms with Gasteiger partial charge in [0.05, 0.1) is 11.6 Å². The van der Waals surface area contributed by atoms with Gasteiger partial charge in [-0.15, -0.1) is 0 Å². The molecule has 0 saturated carbocycles. The van der Waals surface area contributed by atoms with Crippen LogP contribution in [0, 0.1) is 0 Å². The number of ether oxygens (including phenoxy) is 1. The van der Waals surface area contributed by atoms with E-state index in [0.717, 1.165) is 17.2 Å². The van der Waals surface area contributed by atoms with Crippen molar-refractivity contribution in [3.05, 3.63) is 35.5 Å². The normalized spacial score (nSPS) is 10.3. The van der Waals surface area contributed by atoms with E-state index in [4.69, 9.17) is 16.3 Å². The van der Waals surface area contributed by atoms with Crippen LogP contribution in [0.1, 0.15) is 6.42 Å². The smallest absolute Gasteiger partial charge is 0.145 e. The third-order valence-electron chi connectivity index (χ3n) is 2.17. The molecule has 0 saturated heterocycles. The predicted octanol–water partition coefficient (Wildman–Crippen LogP) is 2.86. The second kappa shape index (κ2) is 4.94. The van der Waals surface area contributed by atoms with Crippen molar-refractivity contribution < 1.29 is 9.53 Å². The van der Waals surface area contributed by atoms with Crippen LogP contribution in [0.2, 0.25) is 5.02 Å². The summed E-state index contributed by atoms with van der Waals surface area (Å²) in [6.07, 6.45) is 2.88. The number of nitrogens with zero attached hydrogens (tertiary/aromatic N) is 1. The number of fused-ring (bicyclic) bond motifs is 1. The van der Waals surface area contributed by atoms with Crippen molar-refractivity contribution in [1.82, 2.24) is 4.98 Å². The van der Waals surface area contributed by atoms with Crippen LogP contribution in [0.25, 0.3) is 10.9 Å². The molecule has 1 aromatic heterocycles. The highest BCUT2D eigenvalue weighted by Crippen LogP contribution is 2.29. The van der Waals surface area contributed by atoms with Gasteiger partial charge < -0.3 is 9.53 Å². The van der Waals surface area contributed by atoms with E-state index in [2.05, 4.69) is 4.98 Å². The zero-order valence-corrected chi connectivity index (χ0v) is 9.28. The fourth-order valence-corrected chi connectivity index (χ4v) is 1.66. The van der Waals surface area contributed by atoms with Crippen LogP contribution in [0.5, 0.6) is 5.75 Å². The van der Waals surface area contributed by atoms with Gasteiger partial charge in [0.1, 0.15) is 17.6 Å². The van der Waals surface area contributed by atoms with E-state index in [1.54, 1.807) is 18.3 Å². The number of benzene rings is 1. The maximum absolute atomic E-state index is 10.2. The molecule has 0 fully saturated rings. The lowest BCUT2D eigenvalue weighted by molar-refractivity contribution is -0.108. The molecule has 0 unspecified atom stereocenters. The Morgan fingerprint density at radius 1 is 1.38 bits per heavy atom. The number of pyridine rings is 1. The average Bonchev–Trinajstić information content (AvgIpc) is 2.33. The van der Waals surface area contributed by atoms with E-state index < -0.39 is 0 Å². The minimum Gasteiger partial charge on any atom is -0.491 e. The summed E-state index contributed by atoms with van der Waals surface area (Å²) in [7, 11) is 0. The van der Waals surface area contributed by atoms with Gasteiger partial charge in [0, 0.05) is 18.0 Å². The van der Waals surface area contributed by atoms with E-state index in [1.807, 2.05) is 12.1 Å². The van der Waals surface area contributed by atoms with Crippen LogP contribution in [0.4, 0.5) is 0 Å². The number of carbonyl (C=O) groups excluding carboxylic acids is 1. The molecular weight excluding hydrogens is 226 g/mol. The molecule has 82 valence electrons. The van der Waals surface area contributed by atoms with E-state index in [9.17, 15) is 4.79 Å². The summed E-state index contributed by atoms with van der Waals surface area (Å²) in [5, 5.41) is 1.50. The molecular formula is C12H10ClNO2. The molecule has 0 aliphatic heterocycles. The Balaban J connectivity index is 2.38. The Hall–Kier alpha value is -1.61. The van der Waals surface area contributed by atoms with E-state index in [0.29, 0.717) is 23.8 Å². The molecule has 16 heavy (non-hydrogen) atoms. The van der Waals surface area contributed by atoms with Crippen molar-refractivity contribution in [2.75, 3.05) is 6.61 Å². The molecule has 1 heterocycles. The van der Waals surface area contributed by atoms with Crippen molar-refractivity contribution in [3.63, 3.8) is 0 Å². The lowest BCUT2D eigenvalue weighted by Gasteiger charge is -2.07. The van der Waals surface area contributed by atoms with Gasteiger partial charge in [-0.25, -0.2) is 0 Å². The van der Waals surface area contributed by atoms with Crippen LogP contribution in [-0.4, -0.2) is 17.9 Å². The van der Waals surface area contributed by atoms with Crippen LogP contribution in [0.3, 0.4) is 0 Å². The first-order valence-corrected chi connectivity index (χ1v) is 5.30. The molecule has 4 heteroatoms. The zero-order valence-electron chi connectivity index (χ0n) is 8.52. The first-order chi connectivity index (χ1) is 7.83. The third kappa shape index (κ3) is 2.14. The van der Waals surface area contributed by atoms with Gasteiger partial charge in [0.25, 0.3) is 0 Å². The summed E-state index contributed by atoms with van der Waals surface area (Å²) in [4.78, 5) is 14.4. The Kier molecular flexibility index (Phi) is 3.37. The largest absolute Gasteiger partial charge is 0.491 e. The van der Waals surface area contributed by atoms with Crippen molar-refractivity contribution in [2.24, 2.45) is 0 Å². The summed E-state index contributed by atoms with van der Waals surface area (Å²) >= 11 is 6.04. The van der Waals surface area contributed by atoms with Crippen LogP contribution in [-0.2, 0) is 4.79 Å². The highest BCUT2D eigenvalue weighted by molar-refractivity contribution is 6.35. The Morgan fingerprint density at radius 3 is 3.06 bits per heavy atom. The zero-order chi connectivity index (χ0) is 11.4. The first-order valence-electron chi connectivity index (χ1n) is 4.92. The van der Waals surface area contributed by atoms with Gasteiger partial charge >= 0.3 is 0 Å². The number of carbonyl (C=O) groups is 1. The SMILES string of the molecule is O=CCCOc1ccc(Cl)c2cccnc12. The highest BCUT2D eigenvalue weighted by Gasteiger charge is 2.05. The molecule has 0 aliphatic rings. The molecule has 0 amide bonds. The molecule has 0 N–H and O–H groups in total. The van der Waals surface area contributed by atoms with Gasteiger partial charge in [0.2, 0.25) is 0 Å². The number of hydrogen-bond acceptors (Lipinski definition) is 3. The second-order valence-corrected chi connectivity index (χ2v) is 3.66. The fraction of sp³-hybridized carbons (Fsp3) is 0.167. The molecule has 0 aliphatic carbocycles. The van der Waals surface area contributed by atoms with Crippen molar-refractivity contribution in [1.29, 1.82) is 0 Å². The monoisotopic (exact) mass is 235 g/mol. The highest BCUT2D eigenvalue weighted by atomic mass is 35.5. The fourth-order valence-electron chi connectivity index (χ4n) is 1.45. The van der Waals surface area contributed by atoms with Crippen LogP contribution < -0.4 is 4.74 Å². The summed E-state index contributed by atoms with van der Waals surface area (Å²) in [6.45, 7) is 0.358. The minimum atomic E-state index is 0.358. The van der Waals surface area contributed by atoms with Crippen LogP contribution >= 0.6 is 11.6 Å². The van der Waals surface area contributed by atoms with Crippen molar-refractivity contribution in [3.8, 4) is 5.75 Å². The maximum atomic E-state index is 10.2. The van der Waals surface area contributed by atoms with E-state index in [1.165, 1.54) is 0 Å². The summed E-state index contributed by atoms with van der Waals surface area (Å²) in [5.41, 5.74) is 0.723. The second-order valence-electron chi connectivity index (χ2n) is 3.25. The van der Waals surface area contributed by atoms with Crippen molar-refractivity contribution in [2.45, 2.75) is 6.42 Å². The van der Waals surface area contributed by atoms with Crippen LogP contribution in [0.15, 0.2) is 30.5 Å². The number of halogens is 1. The first kappa shape index (κ1) is 10.9. The standard InChI is InChI=1S/C12H10ClNO2/c13-10-4-5-11(16-8-2-7-15)12-9(10)3-1-6-14-12/h1,3-7H,2,8H2. The lowest BCUT2D eigenvalue weighted by Crippen LogP contribution is -1.98. The van der Waals surface area contributed by atoms with Gasteiger partial charge in [-0.1, -0.05) is 11.6 Å². The molecule has 2 rings (SSSR count). The average molecular weight is 236 g/mol. The molecule has 0 spiro atoms. The topological polar surface area (TPSA) is 39.2 Å². The van der Waals surface area contributed by atoms with E-state index in [-0.39, 0.29) is 0 Å². The predicted molar refractivity (Wildman–Crippen MR) is 62.9 cm³/mol. The molecule has 0 bridgehead atoms. The molecule has 0 radical (unpaired) electrons. The minimum absolute atomic E-state index is 0.358. The van der Waals surface area contributed by atoms with Gasteiger partial charge in [-0.2, -0.15) is 0 Å². The molecule has 2 aromatic rings. The molecule has 0 atom stereocenters. The number of aromatic nitrogens is 1. The molecule has 1 aromatic carbocycles.